The van der Waals surface area contributed by atoms with Gasteiger partial charge in [0.1, 0.15) is 0 Å². The van der Waals surface area contributed by atoms with Crippen LogP contribution in [0.5, 0.6) is 0 Å². The monoisotopic (exact) mass is 347 g/mol. The lowest BCUT2D eigenvalue weighted by atomic mass is 9.87. The average Bonchev–Trinajstić information content (AvgIpc) is 3.06. The molecule has 140 valence electrons. The second-order valence-corrected chi connectivity index (χ2v) is 8.92. The van der Waals surface area contributed by atoms with Crippen molar-refractivity contribution in [1.82, 2.24) is 15.1 Å². The van der Waals surface area contributed by atoms with Gasteiger partial charge in [-0.25, -0.2) is 0 Å². The fraction of sp³-hybridized carbons (Fsp3) is 0.900. The Kier molecular flexibility index (Phi) is 5.03. The van der Waals surface area contributed by atoms with Crippen LogP contribution in [0.4, 0.5) is 0 Å². The van der Waals surface area contributed by atoms with E-state index in [0.717, 1.165) is 44.9 Å². The predicted molar refractivity (Wildman–Crippen MR) is 96.9 cm³/mol. The topological polar surface area (TPSA) is 52.7 Å². The zero-order valence-corrected chi connectivity index (χ0v) is 15.6. The van der Waals surface area contributed by atoms with Crippen LogP contribution in [0.3, 0.4) is 0 Å². The van der Waals surface area contributed by atoms with Crippen LogP contribution < -0.4 is 5.32 Å². The van der Waals surface area contributed by atoms with E-state index < -0.39 is 0 Å². The van der Waals surface area contributed by atoms with Gasteiger partial charge in [0.25, 0.3) is 0 Å². The zero-order valence-electron chi connectivity index (χ0n) is 15.6. The number of fused-ring (bicyclic) bond motifs is 1. The van der Waals surface area contributed by atoms with E-state index in [1.165, 1.54) is 32.1 Å². The van der Waals surface area contributed by atoms with E-state index >= 15 is 0 Å². The minimum Gasteiger partial charge on any atom is -0.352 e. The molecule has 0 aromatic rings. The van der Waals surface area contributed by atoms with E-state index in [-0.39, 0.29) is 5.91 Å². The largest absolute Gasteiger partial charge is 0.352 e. The summed E-state index contributed by atoms with van der Waals surface area (Å²) in [6.45, 7) is 6.03. The Balaban J connectivity index is 1.17. The van der Waals surface area contributed by atoms with E-state index in [1.54, 1.807) is 0 Å². The molecule has 2 amide bonds. The number of carbonyl (C=O) groups is 2. The maximum Gasteiger partial charge on any atom is 0.234 e. The number of hydrogen-bond acceptors (Lipinski definition) is 3. The van der Waals surface area contributed by atoms with Crippen molar-refractivity contribution in [1.29, 1.82) is 0 Å². The van der Waals surface area contributed by atoms with Gasteiger partial charge in [0, 0.05) is 38.1 Å². The van der Waals surface area contributed by atoms with Crippen molar-refractivity contribution < 1.29 is 9.59 Å². The van der Waals surface area contributed by atoms with E-state index in [1.807, 2.05) is 0 Å². The number of hydrogen-bond donors (Lipinski definition) is 1. The first-order valence-corrected chi connectivity index (χ1v) is 10.4. The van der Waals surface area contributed by atoms with Crippen LogP contribution in [0, 0.1) is 23.7 Å². The van der Waals surface area contributed by atoms with Crippen molar-refractivity contribution in [2.24, 2.45) is 23.7 Å². The number of carbonyl (C=O) groups excluding carboxylic acids is 2. The van der Waals surface area contributed by atoms with Gasteiger partial charge < -0.3 is 10.2 Å². The van der Waals surface area contributed by atoms with Crippen LogP contribution in [0.1, 0.15) is 51.9 Å². The van der Waals surface area contributed by atoms with Crippen LogP contribution in [-0.4, -0.2) is 60.4 Å². The minimum absolute atomic E-state index is 0.163. The summed E-state index contributed by atoms with van der Waals surface area (Å²) in [7, 11) is 0. The summed E-state index contributed by atoms with van der Waals surface area (Å²) in [6.07, 6.45) is 8.63. The molecule has 4 rings (SSSR count). The standard InChI is InChI=1S/C20H33N3O2/c1-14-4-2-5-15(12-14)21-18(24)13-22-8-10-23(11-9-22)20(25)19-16-6-3-7-17(16)19/h14-17,19H,2-13H2,1H3,(H,21,24)/t14-,15-,16-,17+,19?/m1/s1. The van der Waals surface area contributed by atoms with Crippen molar-refractivity contribution >= 4 is 11.8 Å². The first-order valence-electron chi connectivity index (χ1n) is 10.4. The van der Waals surface area contributed by atoms with Crippen molar-refractivity contribution in [2.75, 3.05) is 32.7 Å². The lowest BCUT2D eigenvalue weighted by Gasteiger charge is -2.35. The summed E-state index contributed by atoms with van der Waals surface area (Å²) in [5.74, 6) is 3.04. The summed E-state index contributed by atoms with van der Waals surface area (Å²) in [4.78, 5) is 29.2. The normalized spacial score (nSPS) is 38.3. The molecule has 5 atom stereocenters. The molecular formula is C20H33N3O2. The SMILES string of the molecule is C[C@@H]1CCC[C@@H](NC(=O)CN2CCN(C(=O)C3[C@H]4CCC[C@@H]34)CC2)C1. The molecule has 1 N–H and O–H groups in total. The number of nitrogens with one attached hydrogen (secondary N) is 1. The van der Waals surface area contributed by atoms with E-state index in [2.05, 4.69) is 22.0 Å². The molecule has 0 spiro atoms. The van der Waals surface area contributed by atoms with Crippen LogP contribution in [0.2, 0.25) is 0 Å². The number of amides is 2. The van der Waals surface area contributed by atoms with Crippen LogP contribution in [0.15, 0.2) is 0 Å². The fourth-order valence-electron chi connectivity index (χ4n) is 5.57. The van der Waals surface area contributed by atoms with Crippen molar-refractivity contribution in [3.8, 4) is 0 Å². The van der Waals surface area contributed by atoms with Gasteiger partial charge in [0.2, 0.25) is 11.8 Å². The van der Waals surface area contributed by atoms with E-state index in [4.69, 9.17) is 0 Å². The summed E-state index contributed by atoms with van der Waals surface area (Å²) in [6, 6.07) is 0.369. The number of nitrogens with zero attached hydrogens (tertiary/aromatic N) is 2. The van der Waals surface area contributed by atoms with E-state index in [9.17, 15) is 9.59 Å². The first kappa shape index (κ1) is 17.3. The van der Waals surface area contributed by atoms with Gasteiger partial charge in [0.15, 0.2) is 0 Å². The average molecular weight is 348 g/mol. The maximum atomic E-state index is 12.6. The minimum atomic E-state index is 0.163. The quantitative estimate of drug-likeness (QED) is 0.845. The summed E-state index contributed by atoms with van der Waals surface area (Å²) in [5, 5.41) is 3.22. The molecule has 0 bridgehead atoms. The molecule has 5 heteroatoms. The van der Waals surface area contributed by atoms with E-state index in [0.29, 0.717) is 36.2 Å². The molecule has 4 fully saturated rings. The molecule has 0 aromatic carbocycles. The molecular weight excluding hydrogens is 314 g/mol. The smallest absolute Gasteiger partial charge is 0.234 e. The Morgan fingerprint density at radius 3 is 2.32 bits per heavy atom. The third kappa shape index (κ3) is 3.86. The molecule has 1 unspecified atom stereocenters. The second-order valence-electron chi connectivity index (χ2n) is 8.92. The molecule has 25 heavy (non-hydrogen) atoms. The summed E-state index contributed by atoms with van der Waals surface area (Å²) in [5.41, 5.74) is 0. The van der Waals surface area contributed by atoms with Crippen molar-refractivity contribution in [2.45, 2.75) is 57.9 Å². The molecule has 5 nitrogen and oxygen atoms in total. The number of piperazine rings is 1. The lowest BCUT2D eigenvalue weighted by molar-refractivity contribution is -0.135. The molecule has 4 aliphatic rings. The highest BCUT2D eigenvalue weighted by Crippen LogP contribution is 2.58. The highest BCUT2D eigenvalue weighted by atomic mass is 16.2. The van der Waals surface area contributed by atoms with Crippen molar-refractivity contribution in [3.05, 3.63) is 0 Å². The molecule has 1 saturated heterocycles. The Bertz CT molecular complexity index is 505. The highest BCUT2D eigenvalue weighted by molar-refractivity contribution is 5.83. The summed E-state index contributed by atoms with van der Waals surface area (Å²) < 4.78 is 0. The Morgan fingerprint density at radius 1 is 0.960 bits per heavy atom. The zero-order chi connectivity index (χ0) is 17.4. The predicted octanol–water partition coefficient (Wildman–Crippen LogP) is 1.87. The van der Waals surface area contributed by atoms with Crippen LogP contribution in [-0.2, 0) is 9.59 Å². The van der Waals surface area contributed by atoms with Gasteiger partial charge in [-0.2, -0.15) is 0 Å². The second kappa shape index (κ2) is 7.26. The molecule has 0 radical (unpaired) electrons. The Labute approximate surface area is 151 Å². The molecule has 0 aromatic heterocycles. The van der Waals surface area contributed by atoms with Crippen LogP contribution >= 0.6 is 0 Å². The molecule has 3 saturated carbocycles. The molecule has 1 heterocycles. The lowest BCUT2D eigenvalue weighted by Crippen LogP contribution is -2.52. The highest BCUT2D eigenvalue weighted by Gasteiger charge is 2.57. The Morgan fingerprint density at radius 2 is 1.64 bits per heavy atom. The molecule has 3 aliphatic carbocycles. The summed E-state index contributed by atoms with van der Waals surface area (Å²) >= 11 is 0. The first-order chi connectivity index (χ1) is 12.1. The molecule has 1 aliphatic heterocycles. The third-order valence-corrected chi connectivity index (χ3v) is 7.04. The maximum absolute atomic E-state index is 12.6. The number of rotatable bonds is 4. The van der Waals surface area contributed by atoms with Gasteiger partial charge in [-0.3, -0.25) is 14.5 Å². The van der Waals surface area contributed by atoms with Gasteiger partial charge in [-0.15, -0.1) is 0 Å². The fourth-order valence-corrected chi connectivity index (χ4v) is 5.57. The Hall–Kier alpha value is -1.10. The van der Waals surface area contributed by atoms with Gasteiger partial charge >= 0.3 is 0 Å². The third-order valence-electron chi connectivity index (χ3n) is 7.04. The van der Waals surface area contributed by atoms with Gasteiger partial charge in [0.05, 0.1) is 6.54 Å². The van der Waals surface area contributed by atoms with Crippen molar-refractivity contribution in [3.63, 3.8) is 0 Å². The van der Waals surface area contributed by atoms with Gasteiger partial charge in [-0.1, -0.05) is 26.2 Å². The van der Waals surface area contributed by atoms with Crippen LogP contribution in [0.25, 0.3) is 0 Å². The van der Waals surface area contributed by atoms with Gasteiger partial charge in [-0.05, 0) is 43.4 Å².